The summed E-state index contributed by atoms with van der Waals surface area (Å²) in [7, 11) is 0. The van der Waals surface area contributed by atoms with Crippen LogP contribution in [0, 0.1) is 11.3 Å². The van der Waals surface area contributed by atoms with Crippen molar-refractivity contribution in [3.05, 3.63) is 12.2 Å². The molecule has 0 aromatic heterocycles. The van der Waals surface area contributed by atoms with E-state index < -0.39 is 0 Å². The number of aliphatic hydroxyl groups excluding tert-OH is 1. The second-order valence-corrected chi connectivity index (χ2v) is 6.86. The Kier molecular flexibility index (Phi) is 4.49. The molecule has 114 valence electrons. The predicted octanol–water partition coefficient (Wildman–Crippen LogP) is 2.64. The Balaban J connectivity index is 1.60. The summed E-state index contributed by atoms with van der Waals surface area (Å²) in [4.78, 5) is 0. The minimum Gasteiger partial charge on any atom is -0.396 e. The van der Waals surface area contributed by atoms with Crippen LogP contribution in [0.5, 0.6) is 0 Å². The summed E-state index contributed by atoms with van der Waals surface area (Å²) in [5.74, 6) is 0.359. The number of hydrogen-bond donors (Lipinski definition) is 2. The van der Waals surface area contributed by atoms with Crippen molar-refractivity contribution < 1.29 is 9.84 Å². The fourth-order valence-corrected chi connectivity index (χ4v) is 4.59. The molecule has 20 heavy (non-hydrogen) atoms. The van der Waals surface area contributed by atoms with Crippen LogP contribution in [0.2, 0.25) is 0 Å². The first kappa shape index (κ1) is 14.6. The summed E-state index contributed by atoms with van der Waals surface area (Å²) in [6.07, 6.45) is 13.9. The highest BCUT2D eigenvalue weighted by Crippen LogP contribution is 2.53. The molecule has 3 nitrogen and oxygen atoms in total. The van der Waals surface area contributed by atoms with Gasteiger partial charge in [0.15, 0.2) is 0 Å². The zero-order valence-corrected chi connectivity index (χ0v) is 12.7. The Morgan fingerprint density at radius 2 is 2.00 bits per heavy atom. The summed E-state index contributed by atoms with van der Waals surface area (Å²) < 4.78 is 6.01. The van der Waals surface area contributed by atoms with Gasteiger partial charge in [-0.15, -0.1) is 0 Å². The van der Waals surface area contributed by atoms with Gasteiger partial charge in [-0.2, -0.15) is 0 Å². The average Bonchev–Trinajstić information content (AvgIpc) is 2.95. The summed E-state index contributed by atoms with van der Waals surface area (Å²) in [6, 6.07) is 1.07. The van der Waals surface area contributed by atoms with Gasteiger partial charge in [-0.1, -0.05) is 31.4 Å². The Hall–Kier alpha value is -0.380. The molecule has 3 rings (SSSR count). The zero-order chi connectivity index (χ0) is 14.0. The minimum atomic E-state index is 0.284. The Labute approximate surface area is 122 Å². The highest BCUT2D eigenvalue weighted by atomic mass is 16.5. The lowest BCUT2D eigenvalue weighted by Crippen LogP contribution is -2.65. The molecule has 3 aliphatic carbocycles. The largest absolute Gasteiger partial charge is 0.396 e. The first-order valence-corrected chi connectivity index (χ1v) is 8.45. The van der Waals surface area contributed by atoms with Crippen LogP contribution in [-0.2, 0) is 4.74 Å². The van der Waals surface area contributed by atoms with Crippen LogP contribution in [0.15, 0.2) is 12.2 Å². The first-order chi connectivity index (χ1) is 9.78. The number of ether oxygens (including phenoxy) is 1. The van der Waals surface area contributed by atoms with Gasteiger partial charge in [0.1, 0.15) is 0 Å². The van der Waals surface area contributed by atoms with Crippen LogP contribution < -0.4 is 5.32 Å². The Morgan fingerprint density at radius 1 is 1.20 bits per heavy atom. The van der Waals surface area contributed by atoms with Crippen LogP contribution in [0.3, 0.4) is 0 Å². The third-order valence-electron chi connectivity index (χ3n) is 5.76. The van der Waals surface area contributed by atoms with Crippen LogP contribution in [0.1, 0.15) is 51.9 Å². The van der Waals surface area contributed by atoms with E-state index in [-0.39, 0.29) is 6.61 Å². The molecule has 3 heteroatoms. The second-order valence-electron chi connectivity index (χ2n) is 6.86. The van der Waals surface area contributed by atoms with E-state index in [9.17, 15) is 5.11 Å². The summed E-state index contributed by atoms with van der Waals surface area (Å²) >= 11 is 0. The quantitative estimate of drug-likeness (QED) is 0.760. The predicted molar refractivity (Wildman–Crippen MR) is 80.6 cm³/mol. The summed E-state index contributed by atoms with van der Waals surface area (Å²) in [6.45, 7) is 3.24. The minimum absolute atomic E-state index is 0.284. The van der Waals surface area contributed by atoms with E-state index in [1.165, 1.54) is 38.5 Å². The molecule has 0 aromatic carbocycles. The van der Waals surface area contributed by atoms with Gasteiger partial charge in [-0.3, -0.25) is 0 Å². The lowest BCUT2D eigenvalue weighted by atomic mass is 9.55. The molecule has 0 saturated heterocycles. The lowest BCUT2D eigenvalue weighted by Gasteiger charge is -2.58. The van der Waals surface area contributed by atoms with Crippen molar-refractivity contribution in [2.24, 2.45) is 11.3 Å². The fourth-order valence-electron chi connectivity index (χ4n) is 4.59. The van der Waals surface area contributed by atoms with Crippen LogP contribution in [0.25, 0.3) is 0 Å². The van der Waals surface area contributed by atoms with Gasteiger partial charge in [-0.25, -0.2) is 0 Å². The molecule has 0 bridgehead atoms. The van der Waals surface area contributed by atoms with Crippen molar-refractivity contribution in [1.82, 2.24) is 5.32 Å². The molecule has 0 aliphatic heterocycles. The fraction of sp³-hybridized carbons (Fsp3) is 0.882. The molecule has 0 aromatic rings. The first-order valence-electron chi connectivity index (χ1n) is 8.45. The maximum Gasteiger partial charge on any atom is 0.0661 e. The van der Waals surface area contributed by atoms with Gasteiger partial charge >= 0.3 is 0 Å². The van der Waals surface area contributed by atoms with Crippen molar-refractivity contribution in [2.45, 2.75) is 70.1 Å². The van der Waals surface area contributed by atoms with E-state index in [0.29, 0.717) is 29.5 Å². The molecule has 3 aliphatic rings. The highest BCUT2D eigenvalue weighted by molar-refractivity contribution is 5.13. The molecule has 4 atom stereocenters. The SMILES string of the molecule is CCO[C@@H]1C[C@H](N[C@@H]2C=C[C@H](CO)C2)C12CCCCC2. The normalized spacial score (nSPS) is 39.1. The van der Waals surface area contributed by atoms with E-state index in [1.807, 2.05) is 0 Å². The molecule has 2 N–H and O–H groups in total. The van der Waals surface area contributed by atoms with Gasteiger partial charge in [0, 0.05) is 36.6 Å². The smallest absolute Gasteiger partial charge is 0.0661 e. The zero-order valence-electron chi connectivity index (χ0n) is 12.7. The standard InChI is InChI=1S/C17H29NO2/c1-2-20-16-11-15(17(16)8-4-3-5-9-17)18-14-7-6-13(10-14)12-19/h6-7,13-16,18-19H,2-5,8-12H2,1H3/t13-,14+,15-,16+/m0/s1. The molecule has 0 amide bonds. The number of aliphatic hydroxyl groups is 1. The molecule has 0 unspecified atom stereocenters. The van der Waals surface area contributed by atoms with E-state index in [4.69, 9.17) is 4.74 Å². The lowest BCUT2D eigenvalue weighted by molar-refractivity contribution is -0.151. The Morgan fingerprint density at radius 3 is 2.65 bits per heavy atom. The number of hydrogen-bond acceptors (Lipinski definition) is 3. The summed E-state index contributed by atoms with van der Waals surface area (Å²) in [5.41, 5.74) is 0.402. The molecule has 0 heterocycles. The molecule has 1 spiro atoms. The molecular formula is C17H29NO2. The molecular weight excluding hydrogens is 250 g/mol. The van der Waals surface area contributed by atoms with Crippen molar-refractivity contribution in [3.63, 3.8) is 0 Å². The van der Waals surface area contributed by atoms with Crippen LogP contribution >= 0.6 is 0 Å². The van der Waals surface area contributed by atoms with Gasteiger partial charge in [0.2, 0.25) is 0 Å². The van der Waals surface area contributed by atoms with Gasteiger partial charge in [0.25, 0.3) is 0 Å². The third kappa shape index (κ3) is 2.56. The van der Waals surface area contributed by atoms with Crippen molar-refractivity contribution in [3.8, 4) is 0 Å². The average molecular weight is 279 g/mol. The molecule has 0 radical (unpaired) electrons. The van der Waals surface area contributed by atoms with Gasteiger partial charge in [0.05, 0.1) is 6.10 Å². The molecule has 2 saturated carbocycles. The summed E-state index contributed by atoms with van der Waals surface area (Å²) in [5, 5.41) is 13.1. The maximum atomic E-state index is 9.24. The maximum absolute atomic E-state index is 9.24. The monoisotopic (exact) mass is 279 g/mol. The van der Waals surface area contributed by atoms with Crippen LogP contribution in [-0.4, -0.2) is 36.5 Å². The van der Waals surface area contributed by atoms with Crippen molar-refractivity contribution in [1.29, 1.82) is 0 Å². The van der Waals surface area contributed by atoms with E-state index >= 15 is 0 Å². The number of nitrogens with one attached hydrogen (secondary N) is 1. The Bertz CT molecular complexity index is 349. The third-order valence-corrected chi connectivity index (χ3v) is 5.76. The topological polar surface area (TPSA) is 41.5 Å². The van der Waals surface area contributed by atoms with E-state index in [1.54, 1.807) is 0 Å². The second kappa shape index (κ2) is 6.17. The van der Waals surface area contributed by atoms with Crippen LogP contribution in [0.4, 0.5) is 0 Å². The molecule has 2 fully saturated rings. The van der Waals surface area contributed by atoms with Gasteiger partial charge < -0.3 is 15.2 Å². The van der Waals surface area contributed by atoms with E-state index in [2.05, 4.69) is 24.4 Å². The highest BCUT2D eigenvalue weighted by Gasteiger charge is 2.55. The van der Waals surface area contributed by atoms with Crippen molar-refractivity contribution in [2.75, 3.05) is 13.2 Å². The van der Waals surface area contributed by atoms with Crippen molar-refractivity contribution >= 4 is 0 Å². The van der Waals surface area contributed by atoms with Gasteiger partial charge in [-0.05, 0) is 32.6 Å². The van der Waals surface area contributed by atoms with E-state index in [0.717, 1.165) is 13.0 Å². The number of rotatable bonds is 5.